The molecule has 0 amide bonds. The number of pyridine rings is 1. The van der Waals surface area contributed by atoms with Crippen LogP contribution in [0.1, 0.15) is 35.4 Å². The first-order valence-electron chi connectivity index (χ1n) is 7.42. The fourth-order valence-electron chi connectivity index (χ4n) is 2.72. The molecule has 0 aromatic carbocycles. The molecule has 3 rings (SSSR count). The highest BCUT2D eigenvalue weighted by molar-refractivity contribution is 5.90. The molecule has 2 aromatic rings. The molecule has 0 spiro atoms. The fraction of sp³-hybridized carbons (Fsp3) is 0.533. The molecule has 2 aromatic heterocycles. The lowest BCUT2D eigenvalue weighted by atomic mass is 10.1. The Morgan fingerprint density at radius 1 is 1.33 bits per heavy atom. The van der Waals surface area contributed by atoms with Crippen LogP contribution in [-0.4, -0.2) is 52.2 Å². The minimum Gasteiger partial charge on any atom is -0.465 e. The molecule has 1 aliphatic heterocycles. The molecule has 0 saturated carbocycles. The molecular formula is C15H20N4O2. The van der Waals surface area contributed by atoms with Gasteiger partial charge in [-0.2, -0.15) is 5.10 Å². The number of likely N-dealkylation sites (tertiary alicyclic amines) is 1. The first kappa shape index (κ1) is 14.0. The minimum absolute atomic E-state index is 0.352. The van der Waals surface area contributed by atoms with Crippen molar-refractivity contribution < 1.29 is 9.53 Å². The van der Waals surface area contributed by atoms with Gasteiger partial charge in [0.25, 0.3) is 0 Å². The molecule has 0 N–H and O–H groups in total. The van der Waals surface area contributed by atoms with Gasteiger partial charge in [-0.15, -0.1) is 0 Å². The summed E-state index contributed by atoms with van der Waals surface area (Å²) in [7, 11) is 1.38. The lowest BCUT2D eigenvalue weighted by molar-refractivity contribution is 0.0600. The van der Waals surface area contributed by atoms with E-state index in [1.165, 1.54) is 39.5 Å². The van der Waals surface area contributed by atoms with Crippen molar-refractivity contribution in [1.29, 1.82) is 0 Å². The van der Waals surface area contributed by atoms with E-state index < -0.39 is 0 Å². The van der Waals surface area contributed by atoms with Gasteiger partial charge in [-0.05, 0) is 38.1 Å². The van der Waals surface area contributed by atoms with E-state index in [1.54, 1.807) is 22.8 Å². The molecule has 0 radical (unpaired) electrons. The van der Waals surface area contributed by atoms with Crippen molar-refractivity contribution in [2.75, 3.05) is 26.7 Å². The van der Waals surface area contributed by atoms with Gasteiger partial charge < -0.3 is 9.64 Å². The number of hydrogen-bond donors (Lipinski definition) is 0. The van der Waals surface area contributed by atoms with Gasteiger partial charge in [-0.3, -0.25) is 0 Å². The summed E-state index contributed by atoms with van der Waals surface area (Å²) in [6.45, 7) is 3.36. The lowest BCUT2D eigenvalue weighted by Gasteiger charge is -2.25. The second kappa shape index (κ2) is 6.22. The Morgan fingerprint density at radius 2 is 2.14 bits per heavy atom. The van der Waals surface area contributed by atoms with Crippen molar-refractivity contribution in [3.8, 4) is 0 Å². The SMILES string of the molecule is COC(=O)c1ccn2nc(CCN3CCCCC3)nc2c1. The van der Waals surface area contributed by atoms with Crippen LogP contribution in [0.3, 0.4) is 0 Å². The number of carbonyl (C=O) groups is 1. The van der Waals surface area contributed by atoms with Crippen molar-refractivity contribution in [3.05, 3.63) is 29.7 Å². The fourth-order valence-corrected chi connectivity index (χ4v) is 2.72. The summed E-state index contributed by atoms with van der Waals surface area (Å²) in [5.41, 5.74) is 1.19. The summed E-state index contributed by atoms with van der Waals surface area (Å²) in [6, 6.07) is 3.41. The van der Waals surface area contributed by atoms with Gasteiger partial charge in [0.1, 0.15) is 0 Å². The second-order valence-corrected chi connectivity index (χ2v) is 5.39. The zero-order valence-electron chi connectivity index (χ0n) is 12.3. The molecule has 1 saturated heterocycles. The number of rotatable bonds is 4. The molecule has 6 nitrogen and oxygen atoms in total. The Hall–Kier alpha value is -1.95. The van der Waals surface area contributed by atoms with Gasteiger partial charge in [0.2, 0.25) is 0 Å². The molecule has 0 aliphatic carbocycles. The Morgan fingerprint density at radius 3 is 2.90 bits per heavy atom. The number of esters is 1. The normalized spacial score (nSPS) is 16.2. The van der Waals surface area contributed by atoms with Crippen LogP contribution in [0.2, 0.25) is 0 Å². The zero-order chi connectivity index (χ0) is 14.7. The second-order valence-electron chi connectivity index (χ2n) is 5.39. The van der Waals surface area contributed by atoms with Crippen molar-refractivity contribution in [1.82, 2.24) is 19.5 Å². The number of nitrogens with zero attached hydrogens (tertiary/aromatic N) is 4. The third-order valence-electron chi connectivity index (χ3n) is 3.90. The number of methoxy groups -OCH3 is 1. The summed E-state index contributed by atoms with van der Waals surface area (Å²) in [4.78, 5) is 18.5. The Bertz CT molecular complexity index is 632. The van der Waals surface area contributed by atoms with E-state index in [9.17, 15) is 4.79 Å². The first-order chi connectivity index (χ1) is 10.3. The highest BCUT2D eigenvalue weighted by Crippen LogP contribution is 2.10. The highest BCUT2D eigenvalue weighted by Gasteiger charge is 2.12. The van der Waals surface area contributed by atoms with E-state index in [1.807, 2.05) is 0 Å². The Labute approximate surface area is 123 Å². The maximum absolute atomic E-state index is 11.5. The lowest BCUT2D eigenvalue weighted by Crippen LogP contribution is -2.31. The zero-order valence-corrected chi connectivity index (χ0v) is 12.3. The van der Waals surface area contributed by atoms with Gasteiger partial charge in [0, 0.05) is 19.2 Å². The first-order valence-corrected chi connectivity index (χ1v) is 7.42. The number of hydrogen-bond acceptors (Lipinski definition) is 5. The average Bonchev–Trinajstić information content (AvgIpc) is 2.95. The maximum Gasteiger partial charge on any atom is 0.338 e. The quantitative estimate of drug-likeness (QED) is 0.799. The van der Waals surface area contributed by atoms with Gasteiger partial charge in [-0.1, -0.05) is 6.42 Å². The summed E-state index contributed by atoms with van der Waals surface area (Å²) in [5, 5.41) is 4.45. The van der Waals surface area contributed by atoms with Crippen LogP contribution >= 0.6 is 0 Å². The molecule has 1 fully saturated rings. The molecule has 112 valence electrons. The standard InChI is InChI=1S/C15H20N4O2/c1-21-15(20)12-5-10-19-14(11-12)16-13(17-19)6-9-18-7-3-2-4-8-18/h5,10-11H,2-4,6-9H2,1H3. The topological polar surface area (TPSA) is 59.7 Å². The average molecular weight is 288 g/mol. The molecule has 21 heavy (non-hydrogen) atoms. The van der Waals surface area contributed by atoms with Crippen LogP contribution in [0, 0.1) is 0 Å². The van der Waals surface area contributed by atoms with Crippen LogP contribution in [0.15, 0.2) is 18.3 Å². The summed E-state index contributed by atoms with van der Waals surface area (Å²) < 4.78 is 6.42. The number of carbonyl (C=O) groups excluding carboxylic acids is 1. The summed E-state index contributed by atoms with van der Waals surface area (Å²) in [6.07, 6.45) is 6.52. The Kier molecular flexibility index (Phi) is 4.15. The van der Waals surface area contributed by atoms with Crippen molar-refractivity contribution in [2.24, 2.45) is 0 Å². The van der Waals surface area contributed by atoms with Crippen LogP contribution in [0.25, 0.3) is 5.65 Å². The summed E-state index contributed by atoms with van der Waals surface area (Å²) in [5.74, 6) is 0.470. The van der Waals surface area contributed by atoms with E-state index >= 15 is 0 Å². The molecule has 0 unspecified atom stereocenters. The third-order valence-corrected chi connectivity index (χ3v) is 3.90. The van der Waals surface area contributed by atoms with Crippen molar-refractivity contribution in [3.63, 3.8) is 0 Å². The van der Waals surface area contributed by atoms with E-state index in [-0.39, 0.29) is 5.97 Å². The molecular weight excluding hydrogens is 268 g/mol. The molecule has 6 heteroatoms. The van der Waals surface area contributed by atoms with Crippen LogP contribution in [0.5, 0.6) is 0 Å². The highest BCUT2D eigenvalue weighted by atomic mass is 16.5. The van der Waals surface area contributed by atoms with Gasteiger partial charge in [0.15, 0.2) is 11.5 Å². The van der Waals surface area contributed by atoms with Gasteiger partial charge in [0.05, 0.1) is 12.7 Å². The van der Waals surface area contributed by atoms with Crippen molar-refractivity contribution in [2.45, 2.75) is 25.7 Å². The van der Waals surface area contributed by atoms with E-state index in [4.69, 9.17) is 4.74 Å². The minimum atomic E-state index is -0.352. The van der Waals surface area contributed by atoms with Crippen LogP contribution < -0.4 is 0 Å². The van der Waals surface area contributed by atoms with E-state index in [2.05, 4.69) is 15.0 Å². The van der Waals surface area contributed by atoms with Gasteiger partial charge >= 0.3 is 5.97 Å². The van der Waals surface area contributed by atoms with Crippen molar-refractivity contribution >= 4 is 11.6 Å². The third kappa shape index (κ3) is 3.21. The predicted octanol–water partition coefficient (Wildman–Crippen LogP) is 1.54. The Balaban J connectivity index is 1.70. The van der Waals surface area contributed by atoms with Gasteiger partial charge in [-0.25, -0.2) is 14.3 Å². The van der Waals surface area contributed by atoms with Crippen LogP contribution in [0.4, 0.5) is 0 Å². The predicted molar refractivity (Wildman–Crippen MR) is 78.3 cm³/mol. The van der Waals surface area contributed by atoms with E-state index in [0.717, 1.165) is 18.8 Å². The molecule has 0 bridgehead atoms. The number of piperidine rings is 1. The maximum atomic E-state index is 11.5. The molecule has 3 heterocycles. The monoisotopic (exact) mass is 288 g/mol. The largest absolute Gasteiger partial charge is 0.465 e. The van der Waals surface area contributed by atoms with E-state index in [0.29, 0.717) is 11.2 Å². The van der Waals surface area contributed by atoms with Crippen LogP contribution in [-0.2, 0) is 11.2 Å². The number of fused-ring (bicyclic) bond motifs is 1. The smallest absolute Gasteiger partial charge is 0.338 e. The summed E-state index contributed by atoms with van der Waals surface area (Å²) >= 11 is 0. The number of aromatic nitrogens is 3. The molecule has 0 atom stereocenters. The molecule has 1 aliphatic rings. The number of ether oxygens (including phenoxy) is 1.